The number of aromatic nitrogens is 4. The summed E-state index contributed by atoms with van der Waals surface area (Å²) >= 11 is 0. The van der Waals surface area contributed by atoms with Gasteiger partial charge in [0.1, 0.15) is 23.6 Å². The minimum Gasteiger partial charge on any atom is -0.366 e. The van der Waals surface area contributed by atoms with Crippen molar-refractivity contribution in [2.75, 3.05) is 5.32 Å². The van der Waals surface area contributed by atoms with Gasteiger partial charge in [0.25, 0.3) is 0 Å². The number of H-pyrrole nitrogens is 1. The van der Waals surface area contributed by atoms with Gasteiger partial charge in [0.05, 0.1) is 5.69 Å². The molecule has 0 aliphatic heterocycles. The lowest BCUT2D eigenvalue weighted by atomic mass is 10.1. The number of pyridine rings is 1. The maximum atomic E-state index is 13.2. The molecule has 0 saturated heterocycles. The average Bonchev–Trinajstić information content (AvgIpc) is 3.04. The summed E-state index contributed by atoms with van der Waals surface area (Å²) in [6.45, 7) is 0.490. The Hall–Kier alpha value is -3.28. The van der Waals surface area contributed by atoms with Crippen LogP contribution in [0.25, 0.3) is 22.3 Å². The molecule has 3 heterocycles. The summed E-state index contributed by atoms with van der Waals surface area (Å²) in [7, 11) is 0. The third-order valence-corrected chi connectivity index (χ3v) is 3.76. The molecular weight excluding hydrogens is 305 g/mol. The first-order chi connectivity index (χ1) is 11.8. The molecule has 0 unspecified atom stereocenters. The van der Waals surface area contributed by atoms with Crippen LogP contribution in [0.4, 0.5) is 10.2 Å². The van der Waals surface area contributed by atoms with Crippen LogP contribution in [-0.2, 0) is 6.54 Å². The zero-order valence-electron chi connectivity index (χ0n) is 12.7. The number of fused-ring (bicyclic) bond motifs is 1. The van der Waals surface area contributed by atoms with Crippen LogP contribution in [0, 0.1) is 5.82 Å². The van der Waals surface area contributed by atoms with E-state index in [0.717, 1.165) is 27.9 Å². The van der Waals surface area contributed by atoms with Crippen LogP contribution in [0.5, 0.6) is 0 Å². The van der Waals surface area contributed by atoms with Crippen LogP contribution in [0.15, 0.2) is 61.2 Å². The van der Waals surface area contributed by atoms with Gasteiger partial charge in [-0.05, 0) is 29.8 Å². The maximum absolute atomic E-state index is 13.2. The van der Waals surface area contributed by atoms with Crippen molar-refractivity contribution in [2.24, 2.45) is 0 Å². The predicted molar refractivity (Wildman–Crippen MR) is 90.8 cm³/mol. The molecule has 2 N–H and O–H groups in total. The minimum absolute atomic E-state index is 0.246. The zero-order chi connectivity index (χ0) is 16.4. The molecule has 0 spiro atoms. The Kier molecular flexibility index (Phi) is 3.63. The number of hydrogen-bond donors (Lipinski definition) is 2. The Morgan fingerprint density at radius 2 is 2.00 bits per heavy atom. The fraction of sp³-hybridized carbons (Fsp3) is 0.0556. The largest absolute Gasteiger partial charge is 0.366 e. The summed E-state index contributed by atoms with van der Waals surface area (Å²) < 4.78 is 13.2. The molecule has 3 aromatic heterocycles. The first-order valence-corrected chi connectivity index (χ1v) is 7.52. The Balaban J connectivity index is 1.60. The van der Waals surface area contributed by atoms with E-state index in [1.165, 1.54) is 18.5 Å². The van der Waals surface area contributed by atoms with E-state index in [2.05, 4.69) is 25.3 Å². The average molecular weight is 319 g/mol. The topological polar surface area (TPSA) is 66.5 Å². The number of aromatic amines is 1. The van der Waals surface area contributed by atoms with E-state index in [1.54, 1.807) is 12.3 Å². The van der Waals surface area contributed by atoms with Crippen LogP contribution in [0.1, 0.15) is 5.56 Å². The van der Waals surface area contributed by atoms with Crippen molar-refractivity contribution >= 4 is 16.9 Å². The van der Waals surface area contributed by atoms with Crippen molar-refractivity contribution in [3.63, 3.8) is 0 Å². The molecule has 5 nitrogen and oxygen atoms in total. The number of halogens is 1. The summed E-state index contributed by atoms with van der Waals surface area (Å²) in [5.41, 5.74) is 3.44. The highest BCUT2D eigenvalue weighted by atomic mass is 19.1. The van der Waals surface area contributed by atoms with Crippen molar-refractivity contribution in [1.29, 1.82) is 0 Å². The van der Waals surface area contributed by atoms with Crippen molar-refractivity contribution in [3.8, 4) is 11.3 Å². The van der Waals surface area contributed by atoms with Gasteiger partial charge in [-0.3, -0.25) is 0 Å². The van der Waals surface area contributed by atoms with Gasteiger partial charge in [-0.15, -0.1) is 0 Å². The van der Waals surface area contributed by atoms with Crippen molar-refractivity contribution < 1.29 is 4.39 Å². The van der Waals surface area contributed by atoms with Crippen LogP contribution in [0.3, 0.4) is 0 Å². The summed E-state index contributed by atoms with van der Waals surface area (Å²) in [5, 5.41) is 4.20. The van der Waals surface area contributed by atoms with E-state index in [4.69, 9.17) is 0 Å². The lowest BCUT2D eigenvalue weighted by Gasteiger charge is -2.07. The monoisotopic (exact) mass is 319 g/mol. The summed E-state index contributed by atoms with van der Waals surface area (Å²) in [4.78, 5) is 16.0. The van der Waals surface area contributed by atoms with Crippen molar-refractivity contribution in [3.05, 3.63) is 72.6 Å². The van der Waals surface area contributed by atoms with E-state index in [1.807, 2.05) is 30.5 Å². The second kappa shape index (κ2) is 6.08. The van der Waals surface area contributed by atoms with Gasteiger partial charge in [-0.2, -0.15) is 0 Å². The second-order valence-corrected chi connectivity index (χ2v) is 5.37. The third kappa shape index (κ3) is 2.81. The highest BCUT2D eigenvalue weighted by Gasteiger charge is 2.08. The van der Waals surface area contributed by atoms with Gasteiger partial charge in [0.2, 0.25) is 0 Å². The maximum Gasteiger partial charge on any atom is 0.137 e. The molecule has 0 aliphatic rings. The molecule has 0 aliphatic carbocycles. The van der Waals surface area contributed by atoms with E-state index in [0.29, 0.717) is 12.4 Å². The smallest absolute Gasteiger partial charge is 0.137 e. The first-order valence-electron chi connectivity index (χ1n) is 7.52. The summed E-state index contributed by atoms with van der Waals surface area (Å²) in [6, 6.07) is 12.2. The predicted octanol–water partition coefficient (Wildman–Crippen LogP) is 3.77. The SMILES string of the molecule is Fc1cccc(CNc2cc(-c3c[nH]c4ncccc34)ncn2)c1. The Morgan fingerprint density at radius 3 is 2.92 bits per heavy atom. The molecule has 0 atom stereocenters. The van der Waals surface area contributed by atoms with Gasteiger partial charge in [-0.25, -0.2) is 19.3 Å². The van der Waals surface area contributed by atoms with Crippen molar-refractivity contribution in [1.82, 2.24) is 19.9 Å². The van der Waals surface area contributed by atoms with E-state index in [-0.39, 0.29) is 5.82 Å². The molecule has 0 radical (unpaired) electrons. The highest BCUT2D eigenvalue weighted by molar-refractivity contribution is 5.92. The molecular formula is C18H14FN5. The molecule has 0 fully saturated rings. The van der Waals surface area contributed by atoms with Crippen molar-refractivity contribution in [2.45, 2.75) is 6.54 Å². The highest BCUT2D eigenvalue weighted by Crippen LogP contribution is 2.26. The molecule has 4 rings (SSSR count). The number of anilines is 1. The van der Waals surface area contributed by atoms with Gasteiger partial charge < -0.3 is 10.3 Å². The van der Waals surface area contributed by atoms with Gasteiger partial charge in [-0.1, -0.05) is 12.1 Å². The number of hydrogen-bond acceptors (Lipinski definition) is 4. The minimum atomic E-state index is -0.246. The lowest BCUT2D eigenvalue weighted by molar-refractivity contribution is 0.626. The summed E-state index contributed by atoms with van der Waals surface area (Å²) in [5.74, 6) is 0.437. The molecule has 0 amide bonds. The Bertz CT molecular complexity index is 995. The van der Waals surface area contributed by atoms with E-state index < -0.39 is 0 Å². The van der Waals surface area contributed by atoms with Gasteiger partial charge >= 0.3 is 0 Å². The van der Waals surface area contributed by atoms with Gasteiger partial charge in [0, 0.05) is 36.0 Å². The molecule has 0 bridgehead atoms. The van der Waals surface area contributed by atoms with Crippen LogP contribution >= 0.6 is 0 Å². The molecule has 24 heavy (non-hydrogen) atoms. The second-order valence-electron chi connectivity index (χ2n) is 5.37. The number of rotatable bonds is 4. The standard InChI is InChI=1S/C18H14FN5/c19-13-4-1-3-12(7-13)9-21-17-8-16(23-11-24-17)15-10-22-18-14(15)5-2-6-20-18/h1-8,10-11H,9H2,(H,20,22)(H,21,23,24). The fourth-order valence-corrected chi connectivity index (χ4v) is 2.61. The number of nitrogens with one attached hydrogen (secondary N) is 2. The zero-order valence-corrected chi connectivity index (χ0v) is 12.7. The first kappa shape index (κ1) is 14.3. The Labute approximate surface area is 137 Å². The third-order valence-electron chi connectivity index (χ3n) is 3.76. The van der Waals surface area contributed by atoms with Crippen LogP contribution in [0.2, 0.25) is 0 Å². The number of benzene rings is 1. The summed E-state index contributed by atoms with van der Waals surface area (Å²) in [6.07, 6.45) is 5.14. The van der Waals surface area contributed by atoms with Gasteiger partial charge in [0.15, 0.2) is 0 Å². The molecule has 4 aromatic rings. The lowest BCUT2D eigenvalue weighted by Crippen LogP contribution is -2.02. The molecule has 118 valence electrons. The normalized spacial score (nSPS) is 10.9. The number of nitrogens with zero attached hydrogens (tertiary/aromatic N) is 3. The van der Waals surface area contributed by atoms with Crippen LogP contribution < -0.4 is 5.32 Å². The molecule has 0 saturated carbocycles. The molecule has 1 aromatic carbocycles. The van der Waals surface area contributed by atoms with Crippen LogP contribution in [-0.4, -0.2) is 19.9 Å². The fourth-order valence-electron chi connectivity index (χ4n) is 2.61. The van der Waals surface area contributed by atoms with E-state index in [9.17, 15) is 4.39 Å². The quantitative estimate of drug-likeness (QED) is 0.601. The van der Waals surface area contributed by atoms with E-state index >= 15 is 0 Å². The Morgan fingerprint density at radius 1 is 1.04 bits per heavy atom. The molecule has 6 heteroatoms.